The molecule has 0 spiro atoms. The largest absolute Gasteiger partial charge is 0.343 e. The molecular weight excluding hydrogens is 266 g/mol. The lowest BCUT2D eigenvalue weighted by atomic mass is 10.0. The van der Waals surface area contributed by atoms with E-state index in [4.69, 9.17) is 0 Å². The first-order chi connectivity index (χ1) is 10.2. The molecule has 2 rings (SSSR count). The van der Waals surface area contributed by atoms with Crippen LogP contribution in [0.15, 0.2) is 30.3 Å². The molecule has 0 aliphatic carbocycles. The monoisotopic (exact) mass is 289 g/mol. The van der Waals surface area contributed by atoms with Crippen LogP contribution in [0.5, 0.6) is 0 Å². The SMILES string of the molecule is CCC(=O)N1CCC(NC(=O)NCc2ccccc2)CC1. The maximum atomic E-state index is 11.9. The molecule has 21 heavy (non-hydrogen) atoms. The second-order valence-electron chi connectivity index (χ2n) is 5.32. The normalized spacial score (nSPS) is 15.6. The van der Waals surface area contributed by atoms with Crippen LogP contribution in [0.2, 0.25) is 0 Å². The zero-order valence-corrected chi connectivity index (χ0v) is 12.5. The topological polar surface area (TPSA) is 61.4 Å². The van der Waals surface area contributed by atoms with Crippen LogP contribution < -0.4 is 10.6 Å². The second-order valence-corrected chi connectivity index (χ2v) is 5.32. The zero-order chi connectivity index (χ0) is 15.1. The Labute approximate surface area is 125 Å². The molecule has 0 aromatic heterocycles. The van der Waals surface area contributed by atoms with Gasteiger partial charge in [0.2, 0.25) is 5.91 Å². The molecule has 2 N–H and O–H groups in total. The van der Waals surface area contributed by atoms with E-state index in [1.54, 1.807) is 0 Å². The number of carbonyl (C=O) groups is 2. The third-order valence-corrected chi connectivity index (χ3v) is 3.78. The molecule has 0 atom stereocenters. The summed E-state index contributed by atoms with van der Waals surface area (Å²) in [6.07, 6.45) is 2.20. The van der Waals surface area contributed by atoms with Gasteiger partial charge in [0.15, 0.2) is 0 Å². The first-order valence-electron chi connectivity index (χ1n) is 7.55. The minimum Gasteiger partial charge on any atom is -0.343 e. The molecule has 0 bridgehead atoms. The standard InChI is InChI=1S/C16H23N3O2/c1-2-15(20)19-10-8-14(9-11-19)18-16(21)17-12-13-6-4-3-5-7-13/h3-7,14H,2,8-12H2,1H3,(H2,17,18,21). The van der Waals surface area contributed by atoms with E-state index in [1.165, 1.54) is 0 Å². The average Bonchev–Trinajstić information content (AvgIpc) is 2.54. The Bertz CT molecular complexity index is 468. The van der Waals surface area contributed by atoms with Crippen molar-refractivity contribution in [1.29, 1.82) is 0 Å². The zero-order valence-electron chi connectivity index (χ0n) is 12.5. The van der Waals surface area contributed by atoms with Gasteiger partial charge < -0.3 is 15.5 Å². The van der Waals surface area contributed by atoms with E-state index in [2.05, 4.69) is 10.6 Å². The van der Waals surface area contributed by atoms with Crippen molar-refractivity contribution in [1.82, 2.24) is 15.5 Å². The van der Waals surface area contributed by atoms with Crippen LogP contribution in [0.4, 0.5) is 4.79 Å². The number of carbonyl (C=O) groups excluding carboxylic acids is 2. The molecule has 0 unspecified atom stereocenters. The van der Waals surface area contributed by atoms with Crippen molar-refractivity contribution >= 4 is 11.9 Å². The van der Waals surface area contributed by atoms with Crippen LogP contribution in [-0.4, -0.2) is 36.0 Å². The number of amides is 3. The number of nitrogens with zero attached hydrogens (tertiary/aromatic N) is 1. The number of hydrogen-bond donors (Lipinski definition) is 2. The lowest BCUT2D eigenvalue weighted by molar-refractivity contribution is -0.131. The highest BCUT2D eigenvalue weighted by Crippen LogP contribution is 2.11. The molecule has 5 heteroatoms. The first kappa shape index (κ1) is 15.4. The van der Waals surface area contributed by atoms with E-state index in [1.807, 2.05) is 42.2 Å². The predicted octanol–water partition coefficient (Wildman–Crippen LogP) is 1.89. The molecule has 1 saturated heterocycles. The number of nitrogens with one attached hydrogen (secondary N) is 2. The summed E-state index contributed by atoms with van der Waals surface area (Å²) in [6, 6.07) is 9.84. The van der Waals surface area contributed by atoms with Crippen molar-refractivity contribution in [3.8, 4) is 0 Å². The van der Waals surface area contributed by atoms with Gasteiger partial charge in [-0.2, -0.15) is 0 Å². The van der Waals surface area contributed by atoms with Crippen molar-refractivity contribution in [3.63, 3.8) is 0 Å². The maximum Gasteiger partial charge on any atom is 0.315 e. The third-order valence-electron chi connectivity index (χ3n) is 3.78. The van der Waals surface area contributed by atoms with Gasteiger partial charge >= 0.3 is 6.03 Å². The van der Waals surface area contributed by atoms with Gasteiger partial charge in [-0.1, -0.05) is 37.3 Å². The lowest BCUT2D eigenvalue weighted by Gasteiger charge is -2.32. The molecule has 3 amide bonds. The highest BCUT2D eigenvalue weighted by molar-refractivity contribution is 5.76. The van der Waals surface area contributed by atoms with Crippen molar-refractivity contribution in [2.45, 2.75) is 38.8 Å². The van der Waals surface area contributed by atoms with Gasteiger partial charge in [-0.05, 0) is 18.4 Å². The molecule has 0 radical (unpaired) electrons. The van der Waals surface area contributed by atoms with Crippen molar-refractivity contribution in [2.75, 3.05) is 13.1 Å². The smallest absolute Gasteiger partial charge is 0.315 e. The Hall–Kier alpha value is -2.04. The molecule has 1 heterocycles. The Balaban J connectivity index is 1.68. The van der Waals surface area contributed by atoms with Crippen LogP contribution in [0.1, 0.15) is 31.7 Å². The molecule has 1 aromatic carbocycles. The van der Waals surface area contributed by atoms with Gasteiger partial charge in [0.05, 0.1) is 0 Å². The fourth-order valence-electron chi connectivity index (χ4n) is 2.51. The quantitative estimate of drug-likeness (QED) is 0.889. The summed E-state index contributed by atoms with van der Waals surface area (Å²) in [5, 5.41) is 5.84. The highest BCUT2D eigenvalue weighted by atomic mass is 16.2. The Morgan fingerprint density at radius 2 is 1.86 bits per heavy atom. The number of rotatable bonds is 4. The Morgan fingerprint density at radius 3 is 2.48 bits per heavy atom. The van der Waals surface area contributed by atoms with Crippen LogP contribution in [0, 0.1) is 0 Å². The number of piperidine rings is 1. The van der Waals surface area contributed by atoms with Crippen LogP contribution >= 0.6 is 0 Å². The van der Waals surface area contributed by atoms with Gasteiger partial charge in [-0.3, -0.25) is 4.79 Å². The summed E-state index contributed by atoms with van der Waals surface area (Å²) in [5.41, 5.74) is 1.08. The minimum absolute atomic E-state index is 0.140. The summed E-state index contributed by atoms with van der Waals surface area (Å²) in [5.74, 6) is 0.196. The number of likely N-dealkylation sites (tertiary alicyclic amines) is 1. The van der Waals surface area contributed by atoms with E-state index >= 15 is 0 Å². The summed E-state index contributed by atoms with van der Waals surface area (Å²) in [7, 11) is 0. The predicted molar refractivity (Wildman–Crippen MR) is 81.7 cm³/mol. The number of urea groups is 1. The van der Waals surface area contributed by atoms with E-state index in [0.717, 1.165) is 31.5 Å². The summed E-state index contributed by atoms with van der Waals surface area (Å²) >= 11 is 0. The molecule has 1 aliphatic heterocycles. The highest BCUT2D eigenvalue weighted by Gasteiger charge is 2.22. The van der Waals surface area contributed by atoms with Gasteiger partial charge in [0.1, 0.15) is 0 Å². The lowest BCUT2D eigenvalue weighted by Crippen LogP contribution is -2.48. The van der Waals surface area contributed by atoms with Crippen LogP contribution in [0.25, 0.3) is 0 Å². The molecule has 1 aromatic rings. The molecule has 0 saturated carbocycles. The Morgan fingerprint density at radius 1 is 1.19 bits per heavy atom. The minimum atomic E-state index is -0.140. The van der Waals surface area contributed by atoms with E-state index < -0.39 is 0 Å². The fourth-order valence-corrected chi connectivity index (χ4v) is 2.51. The van der Waals surface area contributed by atoms with E-state index in [-0.39, 0.29) is 18.0 Å². The van der Waals surface area contributed by atoms with Crippen molar-refractivity contribution in [2.24, 2.45) is 0 Å². The number of benzene rings is 1. The van der Waals surface area contributed by atoms with Crippen molar-refractivity contribution < 1.29 is 9.59 Å². The Kier molecular flexibility index (Phi) is 5.60. The fraction of sp³-hybridized carbons (Fsp3) is 0.500. The summed E-state index contributed by atoms with van der Waals surface area (Å²) < 4.78 is 0. The molecular formula is C16H23N3O2. The first-order valence-corrected chi connectivity index (χ1v) is 7.55. The molecule has 1 aliphatic rings. The van der Waals surface area contributed by atoms with Gasteiger partial charge in [-0.25, -0.2) is 4.79 Å². The number of hydrogen-bond acceptors (Lipinski definition) is 2. The summed E-state index contributed by atoms with van der Waals surface area (Å²) in [6.45, 7) is 3.87. The second kappa shape index (κ2) is 7.67. The van der Waals surface area contributed by atoms with Crippen LogP contribution in [0.3, 0.4) is 0 Å². The van der Waals surface area contributed by atoms with Gasteiger partial charge in [0.25, 0.3) is 0 Å². The molecule has 114 valence electrons. The van der Waals surface area contributed by atoms with Gasteiger partial charge in [-0.15, -0.1) is 0 Å². The molecule has 5 nitrogen and oxygen atoms in total. The van der Waals surface area contributed by atoms with Gasteiger partial charge in [0, 0.05) is 32.1 Å². The average molecular weight is 289 g/mol. The van der Waals surface area contributed by atoms with Crippen LogP contribution in [-0.2, 0) is 11.3 Å². The maximum absolute atomic E-state index is 11.9. The van der Waals surface area contributed by atoms with Crippen molar-refractivity contribution in [3.05, 3.63) is 35.9 Å². The molecule has 1 fully saturated rings. The van der Waals surface area contributed by atoms with E-state index in [0.29, 0.717) is 13.0 Å². The third kappa shape index (κ3) is 4.77. The van der Waals surface area contributed by atoms with E-state index in [9.17, 15) is 9.59 Å². The summed E-state index contributed by atoms with van der Waals surface area (Å²) in [4.78, 5) is 25.3.